The number of aromatic nitrogens is 1. The normalized spacial score (nSPS) is 46.0. The van der Waals surface area contributed by atoms with Crippen LogP contribution in [-0.4, -0.2) is 11.0 Å². The number of rotatable bonds is 2. The summed E-state index contributed by atoms with van der Waals surface area (Å²) >= 11 is 0. The Bertz CT molecular complexity index is 759. The van der Waals surface area contributed by atoms with E-state index in [4.69, 9.17) is 0 Å². The van der Waals surface area contributed by atoms with E-state index >= 15 is 0 Å². The molecule has 0 bridgehead atoms. The number of hydrogen-bond acceptors (Lipinski definition) is 3. The summed E-state index contributed by atoms with van der Waals surface area (Å²) in [6, 6.07) is 4.40. The Balaban J connectivity index is 1.42. The van der Waals surface area contributed by atoms with Crippen molar-refractivity contribution in [3.8, 4) is 0 Å². The summed E-state index contributed by atoms with van der Waals surface area (Å²) in [6.45, 7) is 5.09. The van der Waals surface area contributed by atoms with E-state index in [2.05, 4.69) is 48.4 Å². The first kappa shape index (κ1) is 17.6. The van der Waals surface area contributed by atoms with E-state index in [1.54, 1.807) is 5.57 Å². The van der Waals surface area contributed by atoms with Gasteiger partial charge in [0.05, 0.1) is 6.04 Å². The molecule has 0 amide bonds. The number of nitrogens with zero attached hydrogens (tertiary/aromatic N) is 2. The van der Waals surface area contributed by atoms with Crippen molar-refractivity contribution < 1.29 is 0 Å². The molecule has 27 heavy (non-hydrogen) atoms. The smallest absolute Gasteiger partial charge is 0.0922 e. The van der Waals surface area contributed by atoms with Crippen LogP contribution in [0.4, 0.5) is 0 Å². The first-order valence-electron chi connectivity index (χ1n) is 11.0. The van der Waals surface area contributed by atoms with Gasteiger partial charge in [0.25, 0.3) is 0 Å². The van der Waals surface area contributed by atoms with Crippen molar-refractivity contribution in [1.82, 2.24) is 4.98 Å². The van der Waals surface area contributed by atoms with E-state index in [9.17, 15) is 4.91 Å². The molecule has 0 spiro atoms. The molecule has 4 aliphatic carbocycles. The average Bonchev–Trinajstić information content (AvgIpc) is 3.05. The molecule has 0 saturated heterocycles. The first-order chi connectivity index (χ1) is 13.1. The minimum absolute atomic E-state index is 0.0822. The van der Waals surface area contributed by atoms with Crippen molar-refractivity contribution >= 4 is 5.57 Å². The fourth-order valence-corrected chi connectivity index (χ4v) is 7.87. The van der Waals surface area contributed by atoms with Crippen LogP contribution >= 0.6 is 0 Å². The molecule has 5 rings (SSSR count). The molecule has 0 N–H and O–H groups in total. The van der Waals surface area contributed by atoms with Crippen molar-refractivity contribution in [3.63, 3.8) is 0 Å². The largest absolute Gasteiger partial charge is 0.264 e. The van der Waals surface area contributed by atoms with Gasteiger partial charge in [-0.1, -0.05) is 31.2 Å². The van der Waals surface area contributed by atoms with E-state index in [0.29, 0.717) is 16.7 Å². The van der Waals surface area contributed by atoms with Gasteiger partial charge >= 0.3 is 0 Å². The predicted molar refractivity (Wildman–Crippen MR) is 109 cm³/mol. The topological polar surface area (TPSA) is 42.3 Å². The molecule has 0 radical (unpaired) electrons. The molecule has 1 aromatic heterocycles. The van der Waals surface area contributed by atoms with Crippen LogP contribution < -0.4 is 0 Å². The molecule has 0 aromatic carbocycles. The van der Waals surface area contributed by atoms with Crippen molar-refractivity contribution in [3.05, 3.63) is 41.1 Å². The van der Waals surface area contributed by atoms with Crippen LogP contribution in [0, 0.1) is 39.4 Å². The molecule has 4 aliphatic rings. The van der Waals surface area contributed by atoms with Crippen LogP contribution in [0.15, 0.2) is 35.8 Å². The molecule has 7 atom stereocenters. The molecule has 3 nitrogen and oxygen atoms in total. The SMILES string of the molecule is C[C@]12CCC(N=O)CC1CC[C@@H]1[C@@H]2CC[C@]2(C)C(c3cccnc3)=CC[C@@H]12. The summed E-state index contributed by atoms with van der Waals surface area (Å²) in [4.78, 5) is 15.5. The third-order valence-corrected chi connectivity index (χ3v) is 9.34. The van der Waals surface area contributed by atoms with Gasteiger partial charge in [-0.2, -0.15) is 4.91 Å². The second-order valence-electron chi connectivity index (χ2n) is 10.2. The number of fused-ring (bicyclic) bond motifs is 5. The van der Waals surface area contributed by atoms with Crippen LogP contribution in [0.3, 0.4) is 0 Å². The lowest BCUT2D eigenvalue weighted by atomic mass is 9.44. The van der Waals surface area contributed by atoms with Crippen molar-refractivity contribution in [1.29, 1.82) is 0 Å². The fraction of sp³-hybridized carbons (Fsp3) is 0.708. The summed E-state index contributed by atoms with van der Waals surface area (Å²) in [6.07, 6.45) is 16.3. The van der Waals surface area contributed by atoms with E-state index in [0.717, 1.165) is 30.6 Å². The Morgan fingerprint density at radius 3 is 2.78 bits per heavy atom. The lowest BCUT2D eigenvalue weighted by molar-refractivity contribution is -0.0980. The Labute approximate surface area is 163 Å². The second-order valence-corrected chi connectivity index (χ2v) is 10.2. The Hall–Kier alpha value is -1.51. The number of pyridine rings is 1. The maximum Gasteiger partial charge on any atom is 0.0922 e. The highest BCUT2D eigenvalue weighted by Crippen LogP contribution is 2.67. The zero-order valence-corrected chi connectivity index (χ0v) is 16.7. The van der Waals surface area contributed by atoms with Gasteiger partial charge < -0.3 is 0 Å². The Morgan fingerprint density at radius 2 is 2.00 bits per heavy atom. The van der Waals surface area contributed by atoms with Crippen LogP contribution in [0.2, 0.25) is 0 Å². The van der Waals surface area contributed by atoms with Gasteiger partial charge in [0, 0.05) is 12.4 Å². The van der Waals surface area contributed by atoms with Gasteiger partial charge in [0.15, 0.2) is 0 Å². The fourth-order valence-electron chi connectivity index (χ4n) is 7.87. The highest BCUT2D eigenvalue weighted by Gasteiger charge is 2.58. The van der Waals surface area contributed by atoms with E-state index in [1.807, 2.05) is 6.20 Å². The summed E-state index contributed by atoms with van der Waals surface area (Å²) in [5.41, 5.74) is 3.64. The molecule has 3 saturated carbocycles. The van der Waals surface area contributed by atoms with E-state index < -0.39 is 0 Å². The standard InChI is InChI=1S/C24H32N2O/c1-23-11-9-18(26-27)14-17(23)5-6-19-21-8-7-20(16-4-3-13-25-15-16)24(21,2)12-10-22(19)23/h3-4,7,13,15,17-19,21-22H,5-6,8-12,14H2,1-2H3/t17?,18?,19-,21-,22-,23-,24+/m0/s1. The van der Waals surface area contributed by atoms with E-state index in [-0.39, 0.29) is 6.04 Å². The summed E-state index contributed by atoms with van der Waals surface area (Å²) < 4.78 is 0. The molecular weight excluding hydrogens is 332 g/mol. The van der Waals surface area contributed by atoms with Crippen molar-refractivity contribution in [2.45, 2.75) is 71.3 Å². The zero-order valence-electron chi connectivity index (χ0n) is 16.7. The molecule has 3 heteroatoms. The van der Waals surface area contributed by atoms with Crippen molar-refractivity contribution in [2.75, 3.05) is 0 Å². The first-order valence-corrected chi connectivity index (χ1v) is 11.0. The number of allylic oxidation sites excluding steroid dienone is 2. The van der Waals surface area contributed by atoms with Gasteiger partial charge in [-0.05, 0) is 103 Å². The molecule has 144 valence electrons. The molecule has 2 unspecified atom stereocenters. The molecule has 1 aromatic rings. The zero-order chi connectivity index (χ0) is 18.6. The van der Waals surface area contributed by atoms with Gasteiger partial charge in [0.2, 0.25) is 0 Å². The van der Waals surface area contributed by atoms with Gasteiger partial charge in [-0.25, -0.2) is 0 Å². The van der Waals surface area contributed by atoms with Gasteiger partial charge in [0.1, 0.15) is 0 Å². The van der Waals surface area contributed by atoms with Crippen LogP contribution in [-0.2, 0) is 0 Å². The lowest BCUT2D eigenvalue weighted by Gasteiger charge is -2.60. The van der Waals surface area contributed by atoms with Crippen LogP contribution in [0.25, 0.3) is 5.57 Å². The highest BCUT2D eigenvalue weighted by atomic mass is 16.3. The van der Waals surface area contributed by atoms with Crippen LogP contribution in [0.5, 0.6) is 0 Å². The summed E-state index contributed by atoms with van der Waals surface area (Å²) in [5.74, 6) is 3.18. The molecule has 1 heterocycles. The maximum atomic E-state index is 11.1. The molecule has 0 aliphatic heterocycles. The predicted octanol–water partition coefficient (Wildman–Crippen LogP) is 6.25. The minimum atomic E-state index is 0.0822. The third-order valence-electron chi connectivity index (χ3n) is 9.34. The Kier molecular flexibility index (Phi) is 4.07. The average molecular weight is 365 g/mol. The molecular formula is C24H32N2O. The van der Waals surface area contributed by atoms with E-state index in [1.165, 1.54) is 44.1 Å². The van der Waals surface area contributed by atoms with Crippen molar-refractivity contribution in [2.24, 2.45) is 39.7 Å². The monoisotopic (exact) mass is 364 g/mol. The van der Waals surface area contributed by atoms with Gasteiger partial charge in [-0.15, -0.1) is 0 Å². The maximum absolute atomic E-state index is 11.1. The Morgan fingerprint density at radius 1 is 1.11 bits per heavy atom. The third kappa shape index (κ3) is 2.49. The van der Waals surface area contributed by atoms with Crippen LogP contribution in [0.1, 0.15) is 70.8 Å². The van der Waals surface area contributed by atoms with Gasteiger partial charge in [-0.3, -0.25) is 4.98 Å². The lowest BCUT2D eigenvalue weighted by Crippen LogP contribution is -2.53. The summed E-state index contributed by atoms with van der Waals surface area (Å²) in [5, 5.41) is 3.42. The molecule has 3 fully saturated rings. The highest BCUT2D eigenvalue weighted by molar-refractivity contribution is 5.72. The quantitative estimate of drug-likeness (QED) is 0.582. The minimum Gasteiger partial charge on any atom is -0.264 e. The summed E-state index contributed by atoms with van der Waals surface area (Å²) in [7, 11) is 0. The second kappa shape index (κ2) is 6.25. The number of nitroso groups, excluding NO2 is 1. The number of hydrogen-bond donors (Lipinski definition) is 0.